The summed E-state index contributed by atoms with van der Waals surface area (Å²) in [5.74, 6) is -0.0450. The SMILES string of the molecule is CC(NC(=O)C1(N)CCC1)c1nccs1. The fraction of sp³-hybridized carbons (Fsp3) is 0.600. The second kappa shape index (κ2) is 3.90. The Morgan fingerprint density at radius 2 is 2.47 bits per heavy atom. The first kappa shape index (κ1) is 10.6. The normalized spacial score (nSPS) is 20.4. The highest BCUT2D eigenvalue weighted by molar-refractivity contribution is 7.09. The van der Waals surface area contributed by atoms with Gasteiger partial charge < -0.3 is 11.1 Å². The van der Waals surface area contributed by atoms with Crippen LogP contribution in [0, 0.1) is 0 Å². The van der Waals surface area contributed by atoms with Gasteiger partial charge in [-0.15, -0.1) is 11.3 Å². The molecule has 1 unspecified atom stereocenters. The molecule has 1 aliphatic carbocycles. The zero-order valence-electron chi connectivity index (χ0n) is 8.69. The van der Waals surface area contributed by atoms with Gasteiger partial charge in [0.05, 0.1) is 11.6 Å². The zero-order chi connectivity index (χ0) is 10.9. The molecule has 82 valence electrons. The topological polar surface area (TPSA) is 68.0 Å². The van der Waals surface area contributed by atoms with Crippen molar-refractivity contribution in [1.29, 1.82) is 0 Å². The summed E-state index contributed by atoms with van der Waals surface area (Å²) < 4.78 is 0. The lowest BCUT2D eigenvalue weighted by atomic mass is 9.77. The highest BCUT2D eigenvalue weighted by atomic mass is 32.1. The summed E-state index contributed by atoms with van der Waals surface area (Å²) in [7, 11) is 0. The van der Waals surface area contributed by atoms with E-state index in [1.165, 1.54) is 0 Å². The van der Waals surface area contributed by atoms with Crippen LogP contribution in [0.3, 0.4) is 0 Å². The smallest absolute Gasteiger partial charge is 0.240 e. The highest BCUT2D eigenvalue weighted by Gasteiger charge is 2.40. The number of amides is 1. The quantitative estimate of drug-likeness (QED) is 0.812. The third-order valence-corrected chi connectivity index (χ3v) is 3.83. The van der Waals surface area contributed by atoms with Gasteiger partial charge in [-0.25, -0.2) is 4.98 Å². The van der Waals surface area contributed by atoms with E-state index in [9.17, 15) is 4.79 Å². The minimum atomic E-state index is -0.620. The van der Waals surface area contributed by atoms with Crippen LogP contribution in [0.5, 0.6) is 0 Å². The number of carbonyl (C=O) groups excluding carboxylic acids is 1. The Kier molecular flexibility index (Phi) is 2.75. The van der Waals surface area contributed by atoms with E-state index in [2.05, 4.69) is 10.3 Å². The molecule has 1 fully saturated rings. The molecule has 1 aromatic rings. The number of carbonyl (C=O) groups is 1. The van der Waals surface area contributed by atoms with E-state index in [0.717, 1.165) is 24.3 Å². The molecule has 1 heterocycles. The first-order valence-electron chi connectivity index (χ1n) is 5.11. The second-order valence-corrected chi connectivity index (χ2v) is 5.00. The average Bonchev–Trinajstić information content (AvgIpc) is 2.66. The van der Waals surface area contributed by atoms with E-state index < -0.39 is 5.54 Å². The maximum Gasteiger partial charge on any atom is 0.240 e. The summed E-state index contributed by atoms with van der Waals surface area (Å²) >= 11 is 1.54. The number of nitrogens with zero attached hydrogens (tertiary/aromatic N) is 1. The Morgan fingerprint density at radius 1 is 1.73 bits per heavy atom. The van der Waals surface area contributed by atoms with Crippen LogP contribution >= 0.6 is 11.3 Å². The molecular weight excluding hydrogens is 210 g/mol. The van der Waals surface area contributed by atoms with E-state index in [1.807, 2.05) is 12.3 Å². The van der Waals surface area contributed by atoms with Gasteiger partial charge in [-0.05, 0) is 26.2 Å². The van der Waals surface area contributed by atoms with Crippen LogP contribution < -0.4 is 11.1 Å². The highest BCUT2D eigenvalue weighted by Crippen LogP contribution is 2.30. The van der Waals surface area contributed by atoms with E-state index in [0.29, 0.717) is 0 Å². The molecule has 4 nitrogen and oxygen atoms in total. The van der Waals surface area contributed by atoms with Crippen molar-refractivity contribution < 1.29 is 4.79 Å². The third-order valence-electron chi connectivity index (χ3n) is 2.87. The molecule has 0 aromatic carbocycles. The summed E-state index contributed by atoms with van der Waals surface area (Å²) in [6.45, 7) is 1.93. The Labute approximate surface area is 92.9 Å². The van der Waals surface area contributed by atoms with E-state index in [1.54, 1.807) is 17.5 Å². The van der Waals surface area contributed by atoms with Gasteiger partial charge in [0.1, 0.15) is 5.01 Å². The number of thiazole rings is 1. The standard InChI is InChI=1S/C10H15N3OS/c1-7(8-12-5-6-15-8)13-9(14)10(11)3-2-4-10/h5-7H,2-4,11H2,1H3,(H,13,14). The van der Waals surface area contributed by atoms with Crippen LogP contribution in [-0.4, -0.2) is 16.4 Å². The van der Waals surface area contributed by atoms with E-state index >= 15 is 0 Å². The van der Waals surface area contributed by atoms with E-state index in [4.69, 9.17) is 5.73 Å². The van der Waals surface area contributed by atoms with Crippen molar-refractivity contribution in [3.63, 3.8) is 0 Å². The molecule has 2 rings (SSSR count). The first-order valence-corrected chi connectivity index (χ1v) is 5.99. The molecule has 1 amide bonds. The summed E-state index contributed by atoms with van der Waals surface area (Å²) in [5, 5.41) is 5.73. The molecule has 1 atom stereocenters. The molecule has 0 radical (unpaired) electrons. The van der Waals surface area contributed by atoms with Gasteiger partial charge in [0.25, 0.3) is 0 Å². The van der Waals surface area contributed by atoms with Crippen molar-refractivity contribution in [2.24, 2.45) is 5.73 Å². The summed E-state index contributed by atoms with van der Waals surface area (Å²) in [6, 6.07) is -0.0430. The lowest BCUT2D eigenvalue weighted by molar-refractivity contribution is -0.129. The largest absolute Gasteiger partial charge is 0.346 e. The number of hydrogen-bond acceptors (Lipinski definition) is 4. The monoisotopic (exact) mass is 225 g/mol. The average molecular weight is 225 g/mol. The van der Waals surface area contributed by atoms with Gasteiger partial charge in [-0.3, -0.25) is 4.79 Å². The van der Waals surface area contributed by atoms with Crippen LogP contribution in [0.25, 0.3) is 0 Å². The number of rotatable bonds is 3. The van der Waals surface area contributed by atoms with Gasteiger partial charge in [-0.2, -0.15) is 0 Å². The van der Waals surface area contributed by atoms with Crippen LogP contribution in [0.15, 0.2) is 11.6 Å². The molecule has 0 bridgehead atoms. The summed E-state index contributed by atoms with van der Waals surface area (Å²) in [4.78, 5) is 16.0. The maximum absolute atomic E-state index is 11.8. The van der Waals surface area contributed by atoms with Crippen molar-refractivity contribution >= 4 is 17.2 Å². The van der Waals surface area contributed by atoms with Gasteiger partial charge in [0.2, 0.25) is 5.91 Å². The predicted molar refractivity (Wildman–Crippen MR) is 59.4 cm³/mol. The molecule has 3 N–H and O–H groups in total. The minimum Gasteiger partial charge on any atom is -0.346 e. The fourth-order valence-electron chi connectivity index (χ4n) is 1.64. The predicted octanol–water partition coefficient (Wildman–Crippen LogP) is 1.20. The molecule has 1 aliphatic rings. The van der Waals surface area contributed by atoms with Gasteiger partial charge >= 0.3 is 0 Å². The van der Waals surface area contributed by atoms with Crippen molar-refractivity contribution in [1.82, 2.24) is 10.3 Å². The van der Waals surface area contributed by atoms with Crippen molar-refractivity contribution in [2.45, 2.75) is 37.8 Å². The molecule has 0 spiro atoms. The van der Waals surface area contributed by atoms with Crippen LogP contribution in [0.1, 0.15) is 37.2 Å². The van der Waals surface area contributed by atoms with Gasteiger partial charge in [-0.1, -0.05) is 0 Å². The molecule has 15 heavy (non-hydrogen) atoms. The first-order chi connectivity index (χ1) is 7.12. The van der Waals surface area contributed by atoms with Crippen molar-refractivity contribution in [2.75, 3.05) is 0 Å². The summed E-state index contributed by atoms with van der Waals surface area (Å²) in [6.07, 6.45) is 4.38. The number of aromatic nitrogens is 1. The number of hydrogen-bond donors (Lipinski definition) is 2. The van der Waals surface area contributed by atoms with Crippen molar-refractivity contribution in [3.05, 3.63) is 16.6 Å². The molecule has 1 aromatic heterocycles. The van der Waals surface area contributed by atoms with E-state index in [-0.39, 0.29) is 11.9 Å². The van der Waals surface area contributed by atoms with Gasteiger partial charge in [0.15, 0.2) is 0 Å². The molecule has 0 aliphatic heterocycles. The second-order valence-electron chi connectivity index (χ2n) is 4.08. The molecular formula is C10H15N3OS. The van der Waals surface area contributed by atoms with Crippen molar-refractivity contribution in [3.8, 4) is 0 Å². The Hall–Kier alpha value is -0.940. The lowest BCUT2D eigenvalue weighted by Crippen LogP contribution is -2.58. The molecule has 0 saturated heterocycles. The lowest BCUT2D eigenvalue weighted by Gasteiger charge is -2.36. The number of nitrogens with one attached hydrogen (secondary N) is 1. The Morgan fingerprint density at radius 3 is 2.93 bits per heavy atom. The summed E-state index contributed by atoms with van der Waals surface area (Å²) in [5.41, 5.74) is 5.30. The molecule has 1 saturated carbocycles. The molecule has 5 heteroatoms. The number of nitrogens with two attached hydrogens (primary N) is 1. The minimum absolute atomic E-state index is 0.0430. The maximum atomic E-state index is 11.8. The third kappa shape index (κ3) is 2.03. The van der Waals surface area contributed by atoms with Crippen LogP contribution in [0.4, 0.5) is 0 Å². The Bertz CT molecular complexity index is 346. The zero-order valence-corrected chi connectivity index (χ0v) is 9.51. The van der Waals surface area contributed by atoms with Gasteiger partial charge in [0, 0.05) is 11.6 Å². The van der Waals surface area contributed by atoms with Crippen LogP contribution in [-0.2, 0) is 4.79 Å². The fourth-order valence-corrected chi connectivity index (χ4v) is 2.28. The van der Waals surface area contributed by atoms with Crippen LogP contribution in [0.2, 0.25) is 0 Å². The Balaban J connectivity index is 1.94.